The minimum absolute atomic E-state index is 0.217. The molecule has 0 radical (unpaired) electrons. The SMILES string of the molecule is COc1cc2c(cc1OC)C(CCCN1CCN(c3ccccc3)CC1)(c1ccc(F)cc1)OCC2C. The second-order valence-electron chi connectivity index (χ2n) is 10.1. The van der Waals surface area contributed by atoms with Crippen molar-refractivity contribution >= 4 is 5.69 Å². The van der Waals surface area contributed by atoms with Gasteiger partial charge in [0, 0.05) is 37.8 Å². The smallest absolute Gasteiger partial charge is 0.161 e. The second-order valence-corrected chi connectivity index (χ2v) is 10.1. The molecule has 196 valence electrons. The summed E-state index contributed by atoms with van der Waals surface area (Å²) in [6.45, 7) is 7.89. The number of methoxy groups -OCH3 is 2. The summed E-state index contributed by atoms with van der Waals surface area (Å²) in [5.41, 5.74) is 3.89. The van der Waals surface area contributed by atoms with Crippen LogP contribution in [-0.4, -0.2) is 58.5 Å². The highest BCUT2D eigenvalue weighted by Crippen LogP contribution is 2.49. The van der Waals surface area contributed by atoms with E-state index in [-0.39, 0.29) is 11.7 Å². The maximum Gasteiger partial charge on any atom is 0.161 e. The molecule has 1 saturated heterocycles. The predicted molar refractivity (Wildman–Crippen MR) is 145 cm³/mol. The Labute approximate surface area is 219 Å². The summed E-state index contributed by atoms with van der Waals surface area (Å²) >= 11 is 0. The first-order chi connectivity index (χ1) is 18.0. The molecule has 2 aliphatic heterocycles. The lowest BCUT2D eigenvalue weighted by Gasteiger charge is -2.43. The standard InChI is InChI=1S/C31H37FN2O3/c1-23-22-37-31(24-10-12-25(32)13-11-24,28-21-30(36-3)29(35-2)20-27(23)28)14-7-15-33-16-18-34(19-17-33)26-8-5-4-6-9-26/h4-6,8-13,20-21,23H,7,14-19,22H2,1-3H3. The molecule has 1 fully saturated rings. The molecule has 3 aromatic carbocycles. The zero-order chi connectivity index (χ0) is 25.8. The van der Waals surface area contributed by atoms with E-state index in [0.29, 0.717) is 12.4 Å². The van der Waals surface area contributed by atoms with Crippen LogP contribution in [0.2, 0.25) is 0 Å². The Morgan fingerprint density at radius 3 is 2.27 bits per heavy atom. The molecule has 0 aromatic heterocycles. The molecule has 3 aromatic rings. The van der Waals surface area contributed by atoms with Crippen LogP contribution in [0.3, 0.4) is 0 Å². The summed E-state index contributed by atoms with van der Waals surface area (Å²) in [6.07, 6.45) is 1.76. The van der Waals surface area contributed by atoms with Gasteiger partial charge in [0.15, 0.2) is 11.5 Å². The van der Waals surface area contributed by atoms with Gasteiger partial charge in [0.2, 0.25) is 0 Å². The van der Waals surface area contributed by atoms with Gasteiger partial charge >= 0.3 is 0 Å². The average Bonchev–Trinajstić information content (AvgIpc) is 2.95. The van der Waals surface area contributed by atoms with E-state index in [0.717, 1.165) is 62.4 Å². The summed E-state index contributed by atoms with van der Waals surface area (Å²) in [7, 11) is 3.32. The van der Waals surface area contributed by atoms with E-state index in [1.807, 2.05) is 12.1 Å². The maximum absolute atomic E-state index is 13.9. The van der Waals surface area contributed by atoms with E-state index in [4.69, 9.17) is 14.2 Å². The molecule has 2 heterocycles. The Balaban J connectivity index is 1.37. The molecule has 0 aliphatic carbocycles. The number of hydrogen-bond donors (Lipinski definition) is 0. The summed E-state index contributed by atoms with van der Waals surface area (Å²) in [5.74, 6) is 1.38. The van der Waals surface area contributed by atoms with Crippen LogP contribution < -0.4 is 14.4 Å². The summed E-state index contributed by atoms with van der Waals surface area (Å²) in [4.78, 5) is 5.00. The minimum atomic E-state index is -0.666. The van der Waals surface area contributed by atoms with Crippen molar-refractivity contribution in [3.63, 3.8) is 0 Å². The lowest BCUT2D eigenvalue weighted by Crippen LogP contribution is -2.47. The van der Waals surface area contributed by atoms with Gasteiger partial charge in [-0.15, -0.1) is 0 Å². The lowest BCUT2D eigenvalue weighted by atomic mass is 9.75. The van der Waals surface area contributed by atoms with Crippen molar-refractivity contribution < 1.29 is 18.6 Å². The molecule has 0 N–H and O–H groups in total. The van der Waals surface area contributed by atoms with Crippen LogP contribution in [0.15, 0.2) is 66.7 Å². The molecular formula is C31H37FN2O3. The molecule has 5 nitrogen and oxygen atoms in total. The number of fused-ring (bicyclic) bond motifs is 1. The number of benzene rings is 3. The van der Waals surface area contributed by atoms with E-state index < -0.39 is 5.60 Å². The Hall–Kier alpha value is -3.09. The van der Waals surface area contributed by atoms with Crippen LogP contribution in [0.5, 0.6) is 11.5 Å². The van der Waals surface area contributed by atoms with Crippen molar-refractivity contribution in [1.82, 2.24) is 4.90 Å². The van der Waals surface area contributed by atoms with Crippen molar-refractivity contribution in [2.45, 2.75) is 31.3 Å². The fraction of sp³-hybridized carbons (Fsp3) is 0.419. The highest BCUT2D eigenvalue weighted by atomic mass is 19.1. The van der Waals surface area contributed by atoms with Crippen molar-refractivity contribution in [2.24, 2.45) is 0 Å². The van der Waals surface area contributed by atoms with Crippen LogP contribution >= 0.6 is 0 Å². The molecular weight excluding hydrogens is 467 g/mol. The lowest BCUT2D eigenvalue weighted by molar-refractivity contribution is -0.0461. The van der Waals surface area contributed by atoms with Gasteiger partial charge in [-0.1, -0.05) is 37.3 Å². The van der Waals surface area contributed by atoms with Gasteiger partial charge in [-0.3, -0.25) is 4.90 Å². The largest absolute Gasteiger partial charge is 0.493 e. The van der Waals surface area contributed by atoms with E-state index in [2.05, 4.69) is 59.2 Å². The third kappa shape index (κ3) is 5.18. The zero-order valence-electron chi connectivity index (χ0n) is 22.1. The molecule has 0 amide bonds. The first-order valence-electron chi connectivity index (χ1n) is 13.2. The number of rotatable bonds is 8. The molecule has 2 aliphatic rings. The van der Waals surface area contributed by atoms with E-state index in [1.165, 1.54) is 23.4 Å². The Morgan fingerprint density at radius 1 is 0.919 bits per heavy atom. The Morgan fingerprint density at radius 2 is 1.59 bits per heavy atom. The molecule has 0 saturated carbocycles. The first-order valence-corrected chi connectivity index (χ1v) is 13.2. The van der Waals surface area contributed by atoms with Gasteiger partial charge in [0.25, 0.3) is 0 Å². The maximum atomic E-state index is 13.9. The molecule has 6 heteroatoms. The number of nitrogens with zero attached hydrogens (tertiary/aromatic N) is 2. The molecule has 2 unspecified atom stereocenters. The van der Waals surface area contributed by atoms with E-state index >= 15 is 0 Å². The van der Waals surface area contributed by atoms with Crippen molar-refractivity contribution in [3.8, 4) is 11.5 Å². The summed E-state index contributed by atoms with van der Waals surface area (Å²) in [5, 5.41) is 0. The minimum Gasteiger partial charge on any atom is -0.493 e. The monoisotopic (exact) mass is 504 g/mol. The normalized spacial score (nSPS) is 21.9. The molecule has 2 atom stereocenters. The van der Waals surface area contributed by atoms with Gasteiger partial charge in [-0.2, -0.15) is 0 Å². The summed E-state index contributed by atoms with van der Waals surface area (Å²) in [6, 6.07) is 21.6. The van der Waals surface area contributed by atoms with Gasteiger partial charge in [0.1, 0.15) is 11.4 Å². The number of hydrogen-bond acceptors (Lipinski definition) is 5. The fourth-order valence-corrected chi connectivity index (χ4v) is 5.82. The van der Waals surface area contributed by atoms with Crippen LogP contribution in [0, 0.1) is 5.82 Å². The van der Waals surface area contributed by atoms with E-state index in [9.17, 15) is 4.39 Å². The van der Waals surface area contributed by atoms with Crippen molar-refractivity contribution in [2.75, 3.05) is 58.5 Å². The highest BCUT2D eigenvalue weighted by Gasteiger charge is 2.42. The van der Waals surface area contributed by atoms with Crippen LogP contribution in [0.4, 0.5) is 10.1 Å². The third-order valence-corrected chi connectivity index (χ3v) is 7.91. The number of anilines is 1. The third-order valence-electron chi connectivity index (χ3n) is 7.91. The quantitative estimate of drug-likeness (QED) is 0.386. The topological polar surface area (TPSA) is 34.2 Å². The summed E-state index contributed by atoms with van der Waals surface area (Å²) < 4.78 is 31.9. The number of ether oxygens (including phenoxy) is 3. The van der Waals surface area contributed by atoms with Gasteiger partial charge in [-0.05, 0) is 72.5 Å². The first kappa shape index (κ1) is 25.6. The molecule has 0 spiro atoms. The Bertz CT molecular complexity index is 1180. The van der Waals surface area contributed by atoms with Gasteiger partial charge in [0.05, 0.1) is 20.8 Å². The molecule has 5 rings (SSSR count). The van der Waals surface area contributed by atoms with Crippen LogP contribution in [0.25, 0.3) is 0 Å². The average molecular weight is 505 g/mol. The fourth-order valence-electron chi connectivity index (χ4n) is 5.82. The molecule has 0 bridgehead atoms. The number of halogens is 1. The van der Waals surface area contributed by atoms with Crippen LogP contribution in [-0.2, 0) is 10.3 Å². The second kappa shape index (κ2) is 11.1. The van der Waals surface area contributed by atoms with Crippen molar-refractivity contribution in [3.05, 3.63) is 89.2 Å². The van der Waals surface area contributed by atoms with Crippen molar-refractivity contribution in [1.29, 1.82) is 0 Å². The number of piperazine rings is 1. The van der Waals surface area contributed by atoms with Gasteiger partial charge < -0.3 is 19.1 Å². The number of para-hydroxylation sites is 1. The highest BCUT2D eigenvalue weighted by molar-refractivity contribution is 5.54. The molecule has 37 heavy (non-hydrogen) atoms. The predicted octanol–water partition coefficient (Wildman–Crippen LogP) is 5.82. The van der Waals surface area contributed by atoms with E-state index in [1.54, 1.807) is 14.2 Å². The van der Waals surface area contributed by atoms with Crippen LogP contribution in [0.1, 0.15) is 42.4 Å². The Kier molecular flexibility index (Phi) is 7.68. The van der Waals surface area contributed by atoms with Gasteiger partial charge in [-0.25, -0.2) is 4.39 Å². The zero-order valence-corrected chi connectivity index (χ0v) is 22.1.